The third-order valence-corrected chi connectivity index (χ3v) is 4.97. The topological polar surface area (TPSA) is 41.1 Å². The van der Waals surface area contributed by atoms with E-state index in [4.69, 9.17) is 12.2 Å². The second-order valence-corrected chi connectivity index (χ2v) is 7.04. The second kappa shape index (κ2) is 8.03. The van der Waals surface area contributed by atoms with E-state index >= 15 is 0 Å². The number of rotatable bonds is 5. The van der Waals surface area contributed by atoms with Crippen LogP contribution in [0.3, 0.4) is 0 Å². The quantitative estimate of drug-likeness (QED) is 0.753. The molecule has 0 aliphatic heterocycles. The van der Waals surface area contributed by atoms with Crippen molar-refractivity contribution < 1.29 is 4.21 Å². The highest BCUT2D eigenvalue weighted by Crippen LogP contribution is 2.17. The minimum absolute atomic E-state index is 0.236. The van der Waals surface area contributed by atoms with Crippen LogP contribution in [-0.2, 0) is 10.8 Å². The molecule has 0 aromatic rings. The average Bonchev–Trinajstić information content (AvgIpc) is 2.30. The van der Waals surface area contributed by atoms with E-state index in [-0.39, 0.29) is 5.25 Å². The second-order valence-electron chi connectivity index (χ2n) is 4.83. The molecule has 0 radical (unpaired) electrons. The Labute approximate surface area is 113 Å². The van der Waals surface area contributed by atoms with Gasteiger partial charge < -0.3 is 10.6 Å². The molecule has 0 saturated heterocycles. The first kappa shape index (κ1) is 14.9. The van der Waals surface area contributed by atoms with Gasteiger partial charge in [0.2, 0.25) is 0 Å². The molecular formula is C12H24N2OS2. The molecule has 5 heteroatoms. The monoisotopic (exact) mass is 276 g/mol. The predicted molar refractivity (Wildman–Crippen MR) is 78.8 cm³/mol. The molecule has 1 aliphatic rings. The molecule has 0 spiro atoms. The zero-order valence-electron chi connectivity index (χ0n) is 10.8. The lowest BCUT2D eigenvalue weighted by Crippen LogP contribution is -2.43. The van der Waals surface area contributed by atoms with Crippen molar-refractivity contribution in [3.05, 3.63) is 0 Å². The van der Waals surface area contributed by atoms with Gasteiger partial charge in [-0.25, -0.2) is 0 Å². The summed E-state index contributed by atoms with van der Waals surface area (Å²) in [4.78, 5) is 0. The van der Waals surface area contributed by atoms with E-state index in [1.807, 2.05) is 6.92 Å². The predicted octanol–water partition coefficient (Wildman–Crippen LogP) is 1.94. The van der Waals surface area contributed by atoms with Crippen LogP contribution in [0.2, 0.25) is 0 Å². The smallest absolute Gasteiger partial charge is 0.166 e. The molecule has 0 bridgehead atoms. The van der Waals surface area contributed by atoms with E-state index in [1.54, 1.807) is 6.26 Å². The molecular weight excluding hydrogens is 252 g/mol. The number of thiocarbonyl (C=S) groups is 1. The highest BCUT2D eigenvalue weighted by molar-refractivity contribution is 7.84. The van der Waals surface area contributed by atoms with Gasteiger partial charge in [0.1, 0.15) is 0 Å². The van der Waals surface area contributed by atoms with Crippen LogP contribution in [-0.4, -0.2) is 33.4 Å². The number of hydrogen-bond donors (Lipinski definition) is 2. The maximum Gasteiger partial charge on any atom is 0.166 e. The molecule has 1 rings (SSSR count). The van der Waals surface area contributed by atoms with Crippen LogP contribution in [0.25, 0.3) is 0 Å². The van der Waals surface area contributed by atoms with Crippen LogP contribution in [0.4, 0.5) is 0 Å². The van der Waals surface area contributed by atoms with E-state index in [0.717, 1.165) is 18.1 Å². The summed E-state index contributed by atoms with van der Waals surface area (Å²) in [5.74, 6) is 0. The van der Waals surface area contributed by atoms with Crippen LogP contribution in [0.15, 0.2) is 0 Å². The zero-order valence-corrected chi connectivity index (χ0v) is 12.5. The van der Waals surface area contributed by atoms with Gasteiger partial charge in [0.05, 0.1) is 0 Å². The summed E-state index contributed by atoms with van der Waals surface area (Å²) in [7, 11) is -0.735. The van der Waals surface area contributed by atoms with Gasteiger partial charge in [0, 0.05) is 34.9 Å². The molecule has 1 fully saturated rings. The van der Waals surface area contributed by atoms with Gasteiger partial charge in [0.15, 0.2) is 5.11 Å². The fourth-order valence-corrected chi connectivity index (χ4v) is 2.76. The first-order chi connectivity index (χ1) is 8.09. The molecule has 2 unspecified atom stereocenters. The molecule has 2 N–H and O–H groups in total. The van der Waals surface area contributed by atoms with E-state index in [1.165, 1.54) is 32.1 Å². The Balaban J connectivity index is 2.10. The maximum absolute atomic E-state index is 11.2. The van der Waals surface area contributed by atoms with Crippen LogP contribution < -0.4 is 10.6 Å². The summed E-state index contributed by atoms with van der Waals surface area (Å²) >= 11 is 5.25. The lowest BCUT2D eigenvalue weighted by molar-refractivity contribution is 0.412. The molecule has 0 aromatic carbocycles. The van der Waals surface area contributed by atoms with Crippen molar-refractivity contribution in [3.8, 4) is 0 Å². The Morgan fingerprint density at radius 1 is 1.41 bits per heavy atom. The van der Waals surface area contributed by atoms with E-state index in [0.29, 0.717) is 6.04 Å². The zero-order chi connectivity index (χ0) is 12.7. The van der Waals surface area contributed by atoms with Gasteiger partial charge in [-0.05, 0) is 31.5 Å². The molecule has 3 nitrogen and oxygen atoms in total. The lowest BCUT2D eigenvalue weighted by Gasteiger charge is -2.24. The van der Waals surface area contributed by atoms with Crippen molar-refractivity contribution >= 4 is 28.1 Å². The molecule has 17 heavy (non-hydrogen) atoms. The van der Waals surface area contributed by atoms with Crippen molar-refractivity contribution in [3.63, 3.8) is 0 Å². The van der Waals surface area contributed by atoms with Crippen molar-refractivity contribution in [2.45, 2.75) is 56.7 Å². The van der Waals surface area contributed by atoms with Crippen molar-refractivity contribution in [2.24, 2.45) is 0 Å². The number of nitrogens with one attached hydrogen (secondary N) is 2. The Morgan fingerprint density at radius 3 is 2.65 bits per heavy atom. The Kier molecular flexibility index (Phi) is 7.04. The Morgan fingerprint density at radius 2 is 2.06 bits per heavy atom. The van der Waals surface area contributed by atoms with Gasteiger partial charge in [-0.15, -0.1) is 0 Å². The van der Waals surface area contributed by atoms with Crippen molar-refractivity contribution in [2.75, 3.05) is 12.8 Å². The van der Waals surface area contributed by atoms with Gasteiger partial charge in [-0.3, -0.25) is 4.21 Å². The average molecular weight is 276 g/mol. The molecule has 100 valence electrons. The maximum atomic E-state index is 11.2. The third kappa shape index (κ3) is 6.36. The summed E-state index contributed by atoms with van der Waals surface area (Å²) < 4.78 is 11.2. The summed E-state index contributed by atoms with van der Waals surface area (Å²) in [6, 6.07) is 0.557. The summed E-state index contributed by atoms with van der Waals surface area (Å²) in [5, 5.41) is 7.56. The van der Waals surface area contributed by atoms with Gasteiger partial charge in [-0.1, -0.05) is 26.2 Å². The van der Waals surface area contributed by atoms with Crippen LogP contribution >= 0.6 is 12.2 Å². The third-order valence-electron chi connectivity index (χ3n) is 3.34. The molecule has 0 amide bonds. The van der Waals surface area contributed by atoms with E-state index in [9.17, 15) is 4.21 Å². The minimum Gasteiger partial charge on any atom is -0.363 e. The Hall–Kier alpha value is -0.160. The molecule has 1 saturated carbocycles. The normalized spacial score (nSPS) is 20.6. The van der Waals surface area contributed by atoms with Gasteiger partial charge in [-0.2, -0.15) is 0 Å². The largest absolute Gasteiger partial charge is 0.363 e. The molecule has 1 aliphatic carbocycles. The SMILES string of the molecule is CC(CCNC(=S)NC1CCCCC1)S(C)=O. The van der Waals surface area contributed by atoms with Crippen LogP contribution in [0.5, 0.6) is 0 Å². The standard InChI is InChI=1S/C12H24N2OS2/c1-10(17(2)15)8-9-13-12(16)14-11-6-4-3-5-7-11/h10-11H,3-9H2,1-2H3,(H2,13,14,16). The first-order valence-corrected chi connectivity index (χ1v) is 8.49. The van der Waals surface area contributed by atoms with E-state index < -0.39 is 10.8 Å². The highest BCUT2D eigenvalue weighted by atomic mass is 32.2. The number of hydrogen-bond acceptors (Lipinski definition) is 2. The fourth-order valence-electron chi connectivity index (χ4n) is 2.04. The van der Waals surface area contributed by atoms with Crippen molar-refractivity contribution in [1.82, 2.24) is 10.6 Å². The summed E-state index contributed by atoms with van der Waals surface area (Å²) in [6.45, 7) is 2.81. The minimum atomic E-state index is -0.735. The van der Waals surface area contributed by atoms with Gasteiger partial charge in [0.25, 0.3) is 0 Å². The Bertz CT molecular complexity index is 265. The van der Waals surface area contributed by atoms with Crippen LogP contribution in [0, 0.1) is 0 Å². The van der Waals surface area contributed by atoms with E-state index in [2.05, 4.69) is 10.6 Å². The molecule has 0 heterocycles. The molecule has 0 aromatic heterocycles. The summed E-state index contributed by atoms with van der Waals surface area (Å²) in [5.41, 5.74) is 0. The van der Waals surface area contributed by atoms with Crippen LogP contribution in [0.1, 0.15) is 45.4 Å². The first-order valence-electron chi connectivity index (χ1n) is 6.46. The highest BCUT2D eigenvalue weighted by Gasteiger charge is 2.13. The molecule has 2 atom stereocenters. The lowest BCUT2D eigenvalue weighted by atomic mass is 9.96. The summed E-state index contributed by atoms with van der Waals surface area (Å²) in [6.07, 6.45) is 9.10. The van der Waals surface area contributed by atoms with Gasteiger partial charge >= 0.3 is 0 Å². The van der Waals surface area contributed by atoms with Crippen molar-refractivity contribution in [1.29, 1.82) is 0 Å². The fraction of sp³-hybridized carbons (Fsp3) is 0.917.